The van der Waals surface area contributed by atoms with E-state index in [1.807, 2.05) is 0 Å². The molecule has 1 aliphatic heterocycles. The maximum absolute atomic E-state index is 11.4. The molecule has 1 heterocycles. The highest BCUT2D eigenvalue weighted by atomic mass is 16.1. The summed E-state index contributed by atoms with van der Waals surface area (Å²) in [6.07, 6.45) is 5.48. The lowest BCUT2D eigenvalue weighted by Crippen LogP contribution is -2.55. The monoisotopic (exact) mass is 337 g/mol. The fraction of sp³-hybridized carbons (Fsp3) is 0.889. The number of aliphatic imine (C=N–C) groups is 1. The number of amides is 1. The average molecular weight is 338 g/mol. The van der Waals surface area contributed by atoms with Gasteiger partial charge in [0, 0.05) is 46.3 Å². The molecule has 2 rings (SSSR count). The third kappa shape index (κ3) is 5.10. The molecule has 0 radical (unpaired) electrons. The van der Waals surface area contributed by atoms with Crippen LogP contribution in [0.15, 0.2) is 4.99 Å². The van der Waals surface area contributed by atoms with E-state index in [0.29, 0.717) is 0 Å². The van der Waals surface area contributed by atoms with Gasteiger partial charge in [0.25, 0.3) is 0 Å². The van der Waals surface area contributed by atoms with Crippen molar-refractivity contribution in [2.45, 2.75) is 45.6 Å². The summed E-state index contributed by atoms with van der Waals surface area (Å²) >= 11 is 0. The molecule has 2 fully saturated rings. The molecule has 6 heteroatoms. The number of nitrogens with one attached hydrogen (secondary N) is 2. The van der Waals surface area contributed by atoms with Crippen molar-refractivity contribution in [2.24, 2.45) is 16.8 Å². The van der Waals surface area contributed by atoms with E-state index in [9.17, 15) is 4.79 Å². The Morgan fingerprint density at radius 1 is 1.12 bits per heavy atom. The molecule has 1 saturated heterocycles. The van der Waals surface area contributed by atoms with Crippen molar-refractivity contribution in [1.82, 2.24) is 20.4 Å². The van der Waals surface area contributed by atoms with Crippen molar-refractivity contribution in [3.63, 3.8) is 0 Å². The molecule has 1 saturated carbocycles. The van der Waals surface area contributed by atoms with Crippen LogP contribution in [0, 0.1) is 11.8 Å². The molecule has 1 amide bonds. The van der Waals surface area contributed by atoms with Gasteiger partial charge in [0.05, 0.1) is 6.54 Å². The first-order valence-electron chi connectivity index (χ1n) is 9.45. The molecule has 0 spiro atoms. The minimum absolute atomic E-state index is 0.0169. The zero-order chi connectivity index (χ0) is 17.5. The summed E-state index contributed by atoms with van der Waals surface area (Å²) in [5.74, 6) is 2.58. The smallest absolute Gasteiger partial charge is 0.239 e. The molecule has 0 bridgehead atoms. The summed E-state index contributed by atoms with van der Waals surface area (Å²) in [4.78, 5) is 20.6. The average Bonchev–Trinajstić information content (AvgIpc) is 2.62. The Bertz CT molecular complexity index is 421. The van der Waals surface area contributed by atoms with Crippen LogP contribution in [0.3, 0.4) is 0 Å². The van der Waals surface area contributed by atoms with Gasteiger partial charge in [-0.3, -0.25) is 14.7 Å². The molecular formula is C18H35N5O. The van der Waals surface area contributed by atoms with Crippen LogP contribution in [0.4, 0.5) is 0 Å². The highest BCUT2D eigenvalue weighted by Crippen LogP contribution is 2.32. The Balaban J connectivity index is 1.75. The number of hydrogen-bond acceptors (Lipinski definition) is 3. The molecule has 0 aromatic heterocycles. The number of likely N-dealkylation sites (N-methyl/N-ethyl adjacent to an activating group) is 1. The van der Waals surface area contributed by atoms with Gasteiger partial charge in [-0.15, -0.1) is 0 Å². The van der Waals surface area contributed by atoms with Crippen LogP contribution in [-0.2, 0) is 4.79 Å². The second kappa shape index (κ2) is 9.25. The Morgan fingerprint density at radius 3 is 2.25 bits per heavy atom. The van der Waals surface area contributed by atoms with Crippen LogP contribution < -0.4 is 10.6 Å². The van der Waals surface area contributed by atoms with Gasteiger partial charge in [0.15, 0.2) is 5.96 Å². The van der Waals surface area contributed by atoms with Gasteiger partial charge in [-0.25, -0.2) is 0 Å². The maximum atomic E-state index is 11.4. The van der Waals surface area contributed by atoms with Crippen LogP contribution in [0.5, 0.6) is 0 Å². The van der Waals surface area contributed by atoms with Crippen molar-refractivity contribution in [2.75, 3.05) is 46.8 Å². The quantitative estimate of drug-likeness (QED) is 0.597. The molecular weight excluding hydrogens is 302 g/mol. The number of carbonyl (C=O) groups is 1. The highest BCUT2D eigenvalue weighted by molar-refractivity contribution is 5.86. The molecule has 0 aromatic carbocycles. The molecule has 138 valence electrons. The molecule has 2 N–H and O–H groups in total. The first-order valence-corrected chi connectivity index (χ1v) is 9.45. The summed E-state index contributed by atoms with van der Waals surface area (Å²) < 4.78 is 0. The predicted octanol–water partition coefficient (Wildman–Crippen LogP) is 1.14. The van der Waals surface area contributed by atoms with Gasteiger partial charge >= 0.3 is 0 Å². The van der Waals surface area contributed by atoms with E-state index >= 15 is 0 Å². The van der Waals surface area contributed by atoms with Crippen LogP contribution in [-0.4, -0.2) is 74.5 Å². The maximum Gasteiger partial charge on any atom is 0.239 e. The lowest BCUT2D eigenvalue weighted by molar-refractivity contribution is -0.119. The van der Waals surface area contributed by atoms with Crippen molar-refractivity contribution < 1.29 is 4.79 Å². The third-order valence-electron chi connectivity index (χ3n) is 5.71. The number of piperazine rings is 1. The van der Waals surface area contributed by atoms with Gasteiger partial charge in [0.2, 0.25) is 5.91 Å². The fourth-order valence-electron chi connectivity index (χ4n) is 4.01. The van der Waals surface area contributed by atoms with Crippen LogP contribution in [0.1, 0.15) is 39.5 Å². The van der Waals surface area contributed by atoms with E-state index < -0.39 is 0 Å². The third-order valence-corrected chi connectivity index (χ3v) is 5.71. The number of nitrogens with zero attached hydrogens (tertiary/aromatic N) is 3. The Labute approximate surface area is 147 Å². The van der Waals surface area contributed by atoms with Crippen LogP contribution in [0.2, 0.25) is 0 Å². The van der Waals surface area contributed by atoms with Crippen LogP contribution >= 0.6 is 0 Å². The zero-order valence-corrected chi connectivity index (χ0v) is 15.8. The summed E-state index contributed by atoms with van der Waals surface area (Å²) in [6, 6.07) is 0.767. The standard InChI is InChI=1S/C18H35N5O/c1-14(2)15-5-7-16(8-6-15)22-9-11-23(12-10-22)18(20-4)21-13-17(24)19-3/h14-16H,5-13H2,1-4H3,(H,19,24)(H,20,21). The topological polar surface area (TPSA) is 60.0 Å². The van der Waals surface area contributed by atoms with Crippen LogP contribution in [0.25, 0.3) is 0 Å². The lowest BCUT2D eigenvalue weighted by atomic mass is 9.79. The number of hydrogen-bond donors (Lipinski definition) is 2. The highest BCUT2D eigenvalue weighted by Gasteiger charge is 2.29. The van der Waals surface area contributed by atoms with Gasteiger partial charge in [0.1, 0.15) is 0 Å². The normalized spacial score (nSPS) is 26.5. The van der Waals surface area contributed by atoms with E-state index in [2.05, 4.69) is 39.3 Å². The van der Waals surface area contributed by atoms with Crippen molar-refractivity contribution in [1.29, 1.82) is 0 Å². The largest absolute Gasteiger partial charge is 0.358 e. The first kappa shape index (κ1) is 19.0. The van der Waals surface area contributed by atoms with Crippen molar-refractivity contribution in [3.8, 4) is 0 Å². The van der Waals surface area contributed by atoms with E-state index in [-0.39, 0.29) is 12.5 Å². The Kier molecular flexibility index (Phi) is 7.34. The van der Waals surface area contributed by atoms with E-state index in [1.54, 1.807) is 14.1 Å². The molecule has 1 aliphatic carbocycles. The van der Waals surface area contributed by atoms with Crippen molar-refractivity contribution in [3.05, 3.63) is 0 Å². The minimum Gasteiger partial charge on any atom is -0.358 e. The van der Waals surface area contributed by atoms with Gasteiger partial charge in [-0.2, -0.15) is 0 Å². The van der Waals surface area contributed by atoms with E-state index in [4.69, 9.17) is 0 Å². The molecule has 0 atom stereocenters. The Morgan fingerprint density at radius 2 is 1.75 bits per heavy atom. The second-order valence-electron chi connectivity index (χ2n) is 7.41. The summed E-state index contributed by atoms with van der Waals surface area (Å²) in [5, 5.41) is 5.77. The molecule has 0 unspecified atom stereocenters. The lowest BCUT2D eigenvalue weighted by Gasteiger charge is -2.43. The van der Waals surface area contributed by atoms with Gasteiger partial charge in [-0.05, 0) is 37.5 Å². The van der Waals surface area contributed by atoms with E-state index in [1.165, 1.54) is 25.7 Å². The van der Waals surface area contributed by atoms with Gasteiger partial charge in [-0.1, -0.05) is 13.8 Å². The molecule has 0 aromatic rings. The summed E-state index contributed by atoms with van der Waals surface area (Å²) in [5.41, 5.74) is 0. The molecule has 2 aliphatic rings. The fourth-order valence-corrected chi connectivity index (χ4v) is 4.01. The number of carbonyl (C=O) groups excluding carboxylic acids is 1. The molecule has 24 heavy (non-hydrogen) atoms. The summed E-state index contributed by atoms with van der Waals surface area (Å²) in [6.45, 7) is 9.16. The predicted molar refractivity (Wildman–Crippen MR) is 99.2 cm³/mol. The van der Waals surface area contributed by atoms with Gasteiger partial charge < -0.3 is 15.5 Å². The van der Waals surface area contributed by atoms with E-state index in [0.717, 1.165) is 50.0 Å². The minimum atomic E-state index is -0.0169. The number of guanidine groups is 1. The van der Waals surface area contributed by atoms with Crippen molar-refractivity contribution >= 4 is 11.9 Å². The summed E-state index contributed by atoms with van der Waals surface area (Å²) in [7, 11) is 3.44. The number of rotatable bonds is 4. The Hall–Kier alpha value is -1.30. The second-order valence-corrected chi connectivity index (χ2v) is 7.41. The SMILES string of the molecule is CN=C(NCC(=O)NC)N1CCN(C2CCC(C(C)C)CC2)CC1. The zero-order valence-electron chi connectivity index (χ0n) is 15.8. The molecule has 6 nitrogen and oxygen atoms in total. The first-order chi connectivity index (χ1) is 11.5.